The molecule has 0 spiro atoms. The van der Waals surface area contributed by atoms with Crippen molar-refractivity contribution in [2.45, 2.75) is 51.8 Å². The van der Waals surface area contributed by atoms with E-state index in [-0.39, 0.29) is 42.9 Å². The summed E-state index contributed by atoms with van der Waals surface area (Å²) < 4.78 is 7.65. The number of hydrogen-bond acceptors (Lipinski definition) is 4. The van der Waals surface area contributed by atoms with E-state index >= 15 is 0 Å². The highest BCUT2D eigenvalue weighted by Gasteiger charge is 2.62. The van der Waals surface area contributed by atoms with Crippen LogP contribution < -0.4 is 11.1 Å². The van der Waals surface area contributed by atoms with Crippen LogP contribution in [0.2, 0.25) is 0 Å². The first-order chi connectivity index (χ1) is 12.3. The minimum absolute atomic E-state index is 0. The van der Waals surface area contributed by atoms with Crippen molar-refractivity contribution in [2.24, 2.45) is 11.1 Å². The molecule has 0 radical (unpaired) electrons. The van der Waals surface area contributed by atoms with Crippen molar-refractivity contribution < 1.29 is 9.53 Å². The molecule has 3 unspecified atom stereocenters. The third-order valence-corrected chi connectivity index (χ3v) is 5.76. The minimum Gasteiger partial charge on any atom is -0.378 e. The first-order valence-corrected chi connectivity index (χ1v) is 9.09. The Morgan fingerprint density at radius 3 is 2.71 bits per heavy atom. The fourth-order valence-corrected chi connectivity index (χ4v) is 3.60. The molecule has 0 bridgehead atoms. The lowest BCUT2D eigenvalue weighted by atomic mass is 9.54. The van der Waals surface area contributed by atoms with E-state index in [0.717, 1.165) is 11.3 Å². The van der Waals surface area contributed by atoms with E-state index in [1.807, 2.05) is 62.7 Å². The predicted octanol–water partition coefficient (Wildman–Crippen LogP) is 3.43. The normalized spacial score (nSPS) is 23.5. The maximum Gasteiger partial charge on any atom is 0.241 e. The smallest absolute Gasteiger partial charge is 0.241 e. The molecule has 6 nitrogen and oxygen atoms in total. The standard InChI is InChI=1S/C20H28N4O2.2ClH/c1-5-26-17-12-20(21,19(17,3)4)18(25)23-14(2)15-7-6-8-16(11-15)24-10-9-22-13-24;;/h6-11,13-14,17H,5,12,21H2,1-4H3,(H,23,25);2*1H. The fourth-order valence-electron chi connectivity index (χ4n) is 3.60. The monoisotopic (exact) mass is 428 g/mol. The highest BCUT2D eigenvalue weighted by atomic mass is 35.5. The summed E-state index contributed by atoms with van der Waals surface area (Å²) in [4.78, 5) is 17.0. The molecule has 1 aromatic carbocycles. The molecule has 156 valence electrons. The van der Waals surface area contributed by atoms with Gasteiger partial charge in [-0.25, -0.2) is 4.98 Å². The van der Waals surface area contributed by atoms with E-state index in [0.29, 0.717) is 13.0 Å². The number of hydrogen-bond donors (Lipinski definition) is 2. The zero-order chi connectivity index (χ0) is 18.9. The Labute approximate surface area is 179 Å². The molecule has 1 saturated carbocycles. The largest absolute Gasteiger partial charge is 0.378 e. The second kappa shape index (κ2) is 9.27. The molecular formula is C20H30Cl2N4O2. The Morgan fingerprint density at radius 1 is 1.43 bits per heavy atom. The number of rotatable bonds is 6. The topological polar surface area (TPSA) is 82.2 Å². The molecule has 0 aliphatic heterocycles. The van der Waals surface area contributed by atoms with Gasteiger partial charge in [-0.3, -0.25) is 4.79 Å². The van der Waals surface area contributed by atoms with Gasteiger partial charge in [-0.2, -0.15) is 0 Å². The summed E-state index contributed by atoms with van der Waals surface area (Å²) in [6.07, 6.45) is 5.94. The number of amides is 1. The number of ether oxygens (including phenoxy) is 1. The second-order valence-corrected chi connectivity index (χ2v) is 7.60. The molecule has 3 rings (SSSR count). The van der Waals surface area contributed by atoms with E-state index < -0.39 is 11.0 Å². The maximum atomic E-state index is 12.9. The Morgan fingerprint density at radius 2 is 2.14 bits per heavy atom. The SMILES string of the molecule is CCOC1CC(N)(C(=O)NC(C)c2cccc(-n3ccnc3)c2)C1(C)C.Cl.Cl. The lowest BCUT2D eigenvalue weighted by Crippen LogP contribution is -2.75. The third kappa shape index (κ3) is 4.20. The van der Waals surface area contributed by atoms with Gasteiger partial charge < -0.3 is 20.4 Å². The molecule has 28 heavy (non-hydrogen) atoms. The van der Waals surface area contributed by atoms with Crippen molar-refractivity contribution >= 4 is 30.7 Å². The molecule has 1 aliphatic carbocycles. The number of aromatic nitrogens is 2. The number of carbonyl (C=O) groups is 1. The molecule has 1 heterocycles. The number of nitrogens with one attached hydrogen (secondary N) is 1. The van der Waals surface area contributed by atoms with E-state index in [9.17, 15) is 4.79 Å². The van der Waals surface area contributed by atoms with Crippen LogP contribution >= 0.6 is 24.8 Å². The van der Waals surface area contributed by atoms with Gasteiger partial charge in [-0.05, 0) is 31.5 Å². The van der Waals surface area contributed by atoms with Gasteiger partial charge in [0.25, 0.3) is 0 Å². The summed E-state index contributed by atoms with van der Waals surface area (Å²) in [5, 5.41) is 3.09. The van der Waals surface area contributed by atoms with Crippen LogP contribution in [0.3, 0.4) is 0 Å². The van der Waals surface area contributed by atoms with Crippen LogP contribution in [0.1, 0.15) is 45.7 Å². The number of nitrogens with zero attached hydrogens (tertiary/aromatic N) is 2. The third-order valence-electron chi connectivity index (χ3n) is 5.76. The minimum atomic E-state index is -0.914. The van der Waals surface area contributed by atoms with Gasteiger partial charge >= 0.3 is 0 Å². The number of imidazole rings is 1. The van der Waals surface area contributed by atoms with Crippen molar-refractivity contribution in [2.75, 3.05) is 6.61 Å². The molecule has 1 aliphatic rings. The van der Waals surface area contributed by atoms with Gasteiger partial charge in [0.15, 0.2) is 0 Å². The zero-order valence-electron chi connectivity index (χ0n) is 16.7. The molecule has 1 amide bonds. The molecule has 3 atom stereocenters. The summed E-state index contributed by atoms with van der Waals surface area (Å²) >= 11 is 0. The van der Waals surface area contributed by atoms with Gasteiger partial charge in [0, 0.05) is 36.5 Å². The zero-order valence-corrected chi connectivity index (χ0v) is 18.3. The molecule has 2 aromatic rings. The molecule has 1 fully saturated rings. The van der Waals surface area contributed by atoms with Crippen molar-refractivity contribution in [3.8, 4) is 5.69 Å². The van der Waals surface area contributed by atoms with Crippen LogP contribution in [0.15, 0.2) is 43.0 Å². The van der Waals surface area contributed by atoms with Crippen molar-refractivity contribution in [1.29, 1.82) is 0 Å². The van der Waals surface area contributed by atoms with Crippen molar-refractivity contribution in [1.82, 2.24) is 14.9 Å². The second-order valence-electron chi connectivity index (χ2n) is 7.60. The van der Waals surface area contributed by atoms with Crippen LogP contribution in [0.5, 0.6) is 0 Å². The highest BCUT2D eigenvalue weighted by molar-refractivity contribution is 5.89. The first-order valence-electron chi connectivity index (χ1n) is 9.09. The Kier molecular flexibility index (Phi) is 8.09. The van der Waals surface area contributed by atoms with Gasteiger partial charge in [-0.15, -0.1) is 24.8 Å². The predicted molar refractivity (Wildman–Crippen MR) is 115 cm³/mol. The van der Waals surface area contributed by atoms with Crippen LogP contribution in [0.25, 0.3) is 5.69 Å². The lowest BCUT2D eigenvalue weighted by molar-refractivity contribution is -0.171. The van der Waals surface area contributed by atoms with Gasteiger partial charge in [0.05, 0.1) is 18.5 Å². The number of halogens is 2. The highest BCUT2D eigenvalue weighted by Crippen LogP contribution is 2.50. The van der Waals surface area contributed by atoms with E-state index in [1.54, 1.807) is 12.5 Å². The average molecular weight is 429 g/mol. The van der Waals surface area contributed by atoms with Crippen LogP contribution in [-0.2, 0) is 9.53 Å². The van der Waals surface area contributed by atoms with Crippen LogP contribution in [0, 0.1) is 5.41 Å². The molecule has 1 aromatic heterocycles. The summed E-state index contributed by atoms with van der Waals surface area (Å²) in [6.45, 7) is 8.56. The van der Waals surface area contributed by atoms with Gasteiger partial charge in [0.1, 0.15) is 5.54 Å². The number of nitrogens with two attached hydrogens (primary N) is 1. The van der Waals surface area contributed by atoms with Crippen LogP contribution in [-0.4, -0.2) is 33.7 Å². The Bertz CT molecular complexity index is 782. The van der Waals surface area contributed by atoms with Gasteiger partial charge in [-0.1, -0.05) is 26.0 Å². The van der Waals surface area contributed by atoms with Crippen molar-refractivity contribution in [3.63, 3.8) is 0 Å². The van der Waals surface area contributed by atoms with Gasteiger partial charge in [0.2, 0.25) is 5.91 Å². The van der Waals surface area contributed by atoms with Crippen LogP contribution in [0.4, 0.5) is 0 Å². The Balaban J connectivity index is 0.00000196. The summed E-state index contributed by atoms with van der Waals surface area (Å²) in [7, 11) is 0. The summed E-state index contributed by atoms with van der Waals surface area (Å²) in [6, 6.07) is 7.89. The molecular weight excluding hydrogens is 399 g/mol. The van der Waals surface area contributed by atoms with E-state index in [2.05, 4.69) is 10.3 Å². The van der Waals surface area contributed by atoms with E-state index in [4.69, 9.17) is 10.5 Å². The molecule has 3 N–H and O–H groups in total. The first kappa shape index (κ1) is 24.4. The number of benzene rings is 1. The number of carbonyl (C=O) groups excluding carboxylic acids is 1. The average Bonchev–Trinajstić information content (AvgIpc) is 3.16. The molecule has 0 saturated heterocycles. The summed E-state index contributed by atoms with van der Waals surface area (Å²) in [5.74, 6) is -0.126. The van der Waals surface area contributed by atoms with Crippen molar-refractivity contribution in [3.05, 3.63) is 48.5 Å². The fraction of sp³-hybridized carbons (Fsp3) is 0.500. The summed E-state index contributed by atoms with van der Waals surface area (Å²) in [5.41, 5.74) is 7.19. The Hall–Kier alpha value is -1.60. The van der Waals surface area contributed by atoms with E-state index in [1.165, 1.54) is 0 Å². The maximum absolute atomic E-state index is 12.9. The quantitative estimate of drug-likeness (QED) is 0.737. The molecule has 8 heteroatoms. The lowest BCUT2D eigenvalue weighted by Gasteiger charge is -2.57.